The number of carbonyl (C=O) groups is 3. The lowest BCUT2D eigenvalue weighted by atomic mass is 9.58. The number of ether oxygens (including phenoxy) is 3. The highest BCUT2D eigenvalue weighted by atomic mass is 16.5. The largest absolute Gasteiger partial charge is 0.469 e. The summed E-state index contributed by atoms with van der Waals surface area (Å²) in [7, 11) is 3.92. The topological polar surface area (TPSA) is 78.9 Å². The van der Waals surface area contributed by atoms with Crippen LogP contribution in [0.15, 0.2) is 41.5 Å². The maximum Gasteiger partial charge on any atom is 0.327 e. The summed E-state index contributed by atoms with van der Waals surface area (Å²) < 4.78 is 15.2. The van der Waals surface area contributed by atoms with Gasteiger partial charge in [0.2, 0.25) is 0 Å². The molecule has 0 fully saturated rings. The van der Waals surface area contributed by atoms with Crippen molar-refractivity contribution in [2.45, 2.75) is 38.0 Å². The lowest BCUT2D eigenvalue weighted by Gasteiger charge is -2.44. The standard InChI is InChI=1S/C22H26O6/c1-26-19(23)16-12-11-15-10-7-13-22(20(24)27-2,21(25)28-3)18(15)17(16)14-8-5-4-6-9-14/h4-6,8-9,16-17H,7,10-13H2,1-3H3/t16-,17+/m1/s1. The van der Waals surface area contributed by atoms with Gasteiger partial charge in [-0.05, 0) is 43.2 Å². The number of hydrogen-bond donors (Lipinski definition) is 0. The van der Waals surface area contributed by atoms with Crippen molar-refractivity contribution in [3.8, 4) is 0 Å². The van der Waals surface area contributed by atoms with E-state index in [1.165, 1.54) is 21.3 Å². The molecule has 150 valence electrons. The maximum atomic E-state index is 13.0. The van der Waals surface area contributed by atoms with E-state index in [0.717, 1.165) is 17.6 Å². The fraction of sp³-hybridized carbons (Fsp3) is 0.500. The SMILES string of the molecule is COC(=O)[C@@H]1CCC2=C([C@H]1c1ccccc1)C(C(=O)OC)(C(=O)OC)CCC2. The van der Waals surface area contributed by atoms with Gasteiger partial charge in [0.1, 0.15) is 0 Å². The van der Waals surface area contributed by atoms with E-state index in [1.54, 1.807) is 0 Å². The molecule has 2 atom stereocenters. The van der Waals surface area contributed by atoms with Crippen LogP contribution in [0.25, 0.3) is 0 Å². The Hall–Kier alpha value is -2.63. The number of esters is 3. The van der Waals surface area contributed by atoms with E-state index in [2.05, 4.69) is 0 Å². The first kappa shape index (κ1) is 20.1. The normalized spacial score (nSPS) is 23.4. The average Bonchev–Trinajstić information content (AvgIpc) is 2.76. The Bertz CT molecular complexity index is 779. The zero-order chi connectivity index (χ0) is 20.3. The second-order valence-electron chi connectivity index (χ2n) is 7.32. The first-order valence-electron chi connectivity index (χ1n) is 9.53. The Morgan fingerprint density at radius 2 is 1.57 bits per heavy atom. The monoisotopic (exact) mass is 386 g/mol. The first-order valence-corrected chi connectivity index (χ1v) is 9.53. The zero-order valence-corrected chi connectivity index (χ0v) is 16.5. The minimum Gasteiger partial charge on any atom is -0.469 e. The van der Waals surface area contributed by atoms with Crippen LogP contribution in [0.4, 0.5) is 0 Å². The lowest BCUT2D eigenvalue weighted by Crippen LogP contribution is -2.49. The molecule has 3 rings (SSSR count). The van der Waals surface area contributed by atoms with E-state index in [0.29, 0.717) is 31.3 Å². The van der Waals surface area contributed by atoms with Crippen molar-refractivity contribution >= 4 is 17.9 Å². The Kier molecular flexibility index (Phi) is 5.87. The highest BCUT2D eigenvalue weighted by Crippen LogP contribution is 2.55. The number of rotatable bonds is 4. The van der Waals surface area contributed by atoms with Gasteiger partial charge < -0.3 is 14.2 Å². The molecule has 0 amide bonds. The fourth-order valence-electron chi connectivity index (χ4n) is 4.90. The molecule has 1 aromatic rings. The molecular formula is C22H26O6. The predicted molar refractivity (Wildman–Crippen MR) is 101 cm³/mol. The van der Waals surface area contributed by atoms with Gasteiger partial charge >= 0.3 is 17.9 Å². The quantitative estimate of drug-likeness (QED) is 0.342. The van der Waals surface area contributed by atoms with Crippen molar-refractivity contribution in [3.05, 3.63) is 47.0 Å². The van der Waals surface area contributed by atoms with Gasteiger partial charge in [0.25, 0.3) is 0 Å². The molecule has 0 saturated carbocycles. The van der Waals surface area contributed by atoms with Crippen molar-refractivity contribution < 1.29 is 28.6 Å². The smallest absolute Gasteiger partial charge is 0.327 e. The molecule has 0 aromatic heterocycles. The Morgan fingerprint density at radius 1 is 0.929 bits per heavy atom. The van der Waals surface area contributed by atoms with Crippen LogP contribution in [0.2, 0.25) is 0 Å². The minimum atomic E-state index is -1.52. The molecular weight excluding hydrogens is 360 g/mol. The van der Waals surface area contributed by atoms with E-state index in [9.17, 15) is 14.4 Å². The van der Waals surface area contributed by atoms with Gasteiger partial charge in [0.15, 0.2) is 5.41 Å². The second-order valence-corrected chi connectivity index (χ2v) is 7.32. The molecule has 0 unspecified atom stereocenters. The van der Waals surface area contributed by atoms with Crippen LogP contribution in [-0.2, 0) is 28.6 Å². The summed E-state index contributed by atoms with van der Waals surface area (Å²) in [6.07, 6.45) is 3.05. The number of hydrogen-bond acceptors (Lipinski definition) is 6. The fourth-order valence-corrected chi connectivity index (χ4v) is 4.90. The van der Waals surface area contributed by atoms with E-state index >= 15 is 0 Å². The van der Waals surface area contributed by atoms with Crippen molar-refractivity contribution in [1.29, 1.82) is 0 Å². The van der Waals surface area contributed by atoms with Crippen molar-refractivity contribution in [2.24, 2.45) is 11.3 Å². The summed E-state index contributed by atoms with van der Waals surface area (Å²) in [6, 6.07) is 9.51. The summed E-state index contributed by atoms with van der Waals surface area (Å²) >= 11 is 0. The first-order chi connectivity index (χ1) is 13.5. The third-order valence-electron chi connectivity index (χ3n) is 6.07. The number of allylic oxidation sites excluding steroid dienone is 1. The summed E-state index contributed by atoms with van der Waals surface area (Å²) in [6.45, 7) is 0. The summed E-state index contributed by atoms with van der Waals surface area (Å²) in [5.41, 5.74) is 1.08. The molecule has 0 heterocycles. The summed E-state index contributed by atoms with van der Waals surface area (Å²) in [5, 5.41) is 0. The van der Waals surface area contributed by atoms with Gasteiger partial charge in [-0.1, -0.05) is 35.9 Å². The van der Waals surface area contributed by atoms with Crippen molar-refractivity contribution in [1.82, 2.24) is 0 Å². The van der Waals surface area contributed by atoms with Gasteiger partial charge in [-0.15, -0.1) is 0 Å². The molecule has 6 nitrogen and oxygen atoms in total. The minimum absolute atomic E-state index is 0.308. The molecule has 0 spiro atoms. The third kappa shape index (κ3) is 3.11. The number of carbonyl (C=O) groups excluding carboxylic acids is 3. The Balaban J connectivity index is 2.27. The number of methoxy groups -OCH3 is 3. The molecule has 28 heavy (non-hydrogen) atoms. The molecule has 0 radical (unpaired) electrons. The molecule has 0 N–H and O–H groups in total. The van der Waals surface area contributed by atoms with E-state index < -0.39 is 29.2 Å². The summed E-state index contributed by atoms with van der Waals surface area (Å²) in [4.78, 5) is 38.6. The van der Waals surface area contributed by atoms with Crippen molar-refractivity contribution in [3.63, 3.8) is 0 Å². The number of benzene rings is 1. The molecule has 2 aliphatic rings. The van der Waals surface area contributed by atoms with Crippen LogP contribution in [0.3, 0.4) is 0 Å². The Labute approximate surface area is 164 Å². The van der Waals surface area contributed by atoms with Crippen molar-refractivity contribution in [2.75, 3.05) is 21.3 Å². The third-order valence-corrected chi connectivity index (χ3v) is 6.07. The highest BCUT2D eigenvalue weighted by molar-refractivity contribution is 6.04. The van der Waals surface area contributed by atoms with Crippen LogP contribution in [0.5, 0.6) is 0 Å². The molecule has 0 bridgehead atoms. The maximum absolute atomic E-state index is 13.0. The van der Waals surface area contributed by atoms with E-state index in [1.807, 2.05) is 30.3 Å². The highest BCUT2D eigenvalue weighted by Gasteiger charge is 2.58. The van der Waals surface area contributed by atoms with Crippen LogP contribution in [0.1, 0.15) is 43.6 Å². The Morgan fingerprint density at radius 3 is 2.14 bits per heavy atom. The summed E-state index contributed by atoms with van der Waals surface area (Å²) in [5.74, 6) is -2.50. The van der Waals surface area contributed by atoms with E-state index in [4.69, 9.17) is 14.2 Å². The predicted octanol–water partition coefficient (Wildman–Crippen LogP) is 3.17. The van der Waals surface area contributed by atoms with Gasteiger partial charge in [0, 0.05) is 5.92 Å². The van der Waals surface area contributed by atoms with Gasteiger partial charge in [-0.25, -0.2) is 0 Å². The van der Waals surface area contributed by atoms with Crippen LogP contribution in [0, 0.1) is 11.3 Å². The zero-order valence-electron chi connectivity index (χ0n) is 16.5. The van der Waals surface area contributed by atoms with Gasteiger partial charge in [0.05, 0.1) is 27.2 Å². The van der Waals surface area contributed by atoms with Crippen LogP contribution in [-0.4, -0.2) is 39.2 Å². The lowest BCUT2D eigenvalue weighted by molar-refractivity contribution is -0.168. The molecule has 0 saturated heterocycles. The average molecular weight is 386 g/mol. The van der Waals surface area contributed by atoms with Crippen LogP contribution < -0.4 is 0 Å². The molecule has 0 aliphatic heterocycles. The molecule has 1 aromatic carbocycles. The van der Waals surface area contributed by atoms with Gasteiger partial charge in [-0.2, -0.15) is 0 Å². The molecule has 2 aliphatic carbocycles. The molecule has 6 heteroatoms. The van der Waals surface area contributed by atoms with Gasteiger partial charge in [-0.3, -0.25) is 14.4 Å². The second kappa shape index (κ2) is 8.17. The van der Waals surface area contributed by atoms with E-state index in [-0.39, 0.29) is 5.97 Å². The van der Waals surface area contributed by atoms with Crippen LogP contribution >= 0.6 is 0 Å².